The molecule has 98 valence electrons. The highest BCUT2D eigenvalue weighted by molar-refractivity contribution is 7.90. The van der Waals surface area contributed by atoms with Crippen LogP contribution in [0.5, 0.6) is 5.75 Å². The number of benzene rings is 2. The molecule has 0 atom stereocenters. The van der Waals surface area contributed by atoms with Crippen LogP contribution in [0.15, 0.2) is 63.9 Å². The average molecular weight is 275 g/mol. The van der Waals surface area contributed by atoms with Crippen LogP contribution in [0.3, 0.4) is 0 Å². The molecule has 0 amide bonds. The molecule has 2 aromatic carbocycles. The van der Waals surface area contributed by atoms with E-state index < -0.39 is 10.0 Å². The van der Waals surface area contributed by atoms with E-state index in [0.29, 0.717) is 11.3 Å². The number of rotatable bonds is 4. The lowest BCUT2D eigenvalue weighted by molar-refractivity contribution is 0.414. The molecule has 0 saturated carbocycles. The Balaban J connectivity index is 2.33. The molecule has 0 aliphatic rings. The molecule has 0 aliphatic carbocycles. The van der Waals surface area contributed by atoms with Gasteiger partial charge < -0.3 is 4.74 Å². The first kappa shape index (κ1) is 13.3. The molecule has 2 aromatic rings. The lowest BCUT2D eigenvalue weighted by Gasteiger charge is -2.03. The fourth-order valence-electron chi connectivity index (χ4n) is 1.55. The van der Waals surface area contributed by atoms with Gasteiger partial charge in [0.25, 0.3) is 10.0 Å². The van der Waals surface area contributed by atoms with Crippen molar-refractivity contribution >= 4 is 16.2 Å². The molecule has 2 rings (SSSR count). The van der Waals surface area contributed by atoms with Gasteiger partial charge in [0.2, 0.25) is 0 Å². The summed E-state index contributed by atoms with van der Waals surface area (Å²) in [7, 11) is -2.14. The average Bonchev–Trinajstić information content (AvgIpc) is 2.46. The maximum absolute atomic E-state index is 12.0. The van der Waals surface area contributed by atoms with Crippen molar-refractivity contribution in [1.29, 1.82) is 0 Å². The molecular formula is C14H13NO3S. The Bertz CT molecular complexity index is 679. The van der Waals surface area contributed by atoms with E-state index in [9.17, 15) is 8.42 Å². The first-order chi connectivity index (χ1) is 9.13. The second-order valence-electron chi connectivity index (χ2n) is 3.76. The fraction of sp³-hybridized carbons (Fsp3) is 0.0714. The van der Waals surface area contributed by atoms with Gasteiger partial charge in [0.05, 0.1) is 18.2 Å². The maximum Gasteiger partial charge on any atom is 0.282 e. The molecule has 0 aliphatic heterocycles. The molecule has 0 unspecified atom stereocenters. The standard InChI is InChI=1S/C14H13NO3S/c1-18-14-10-6-5-7-12(14)11-15-19(16,17)13-8-3-2-4-9-13/h2-11H,1H3/b15-11+. The summed E-state index contributed by atoms with van der Waals surface area (Å²) in [6.07, 6.45) is 1.29. The number of hydrogen-bond acceptors (Lipinski definition) is 3. The number of nitrogens with zero attached hydrogens (tertiary/aromatic N) is 1. The van der Waals surface area contributed by atoms with Crippen LogP contribution in [0.1, 0.15) is 5.56 Å². The molecule has 0 saturated heterocycles. The van der Waals surface area contributed by atoms with Crippen molar-refractivity contribution in [1.82, 2.24) is 0 Å². The molecule has 19 heavy (non-hydrogen) atoms. The van der Waals surface area contributed by atoms with Crippen LogP contribution >= 0.6 is 0 Å². The summed E-state index contributed by atoms with van der Waals surface area (Å²) in [5.74, 6) is 0.578. The van der Waals surface area contributed by atoms with Gasteiger partial charge in [-0.3, -0.25) is 0 Å². The smallest absolute Gasteiger partial charge is 0.282 e. The van der Waals surface area contributed by atoms with Crippen molar-refractivity contribution < 1.29 is 13.2 Å². The van der Waals surface area contributed by atoms with Gasteiger partial charge in [-0.25, -0.2) is 0 Å². The molecule has 0 heterocycles. The molecule has 4 nitrogen and oxygen atoms in total. The van der Waals surface area contributed by atoms with Gasteiger partial charge in [-0.2, -0.15) is 12.8 Å². The second-order valence-corrected chi connectivity index (χ2v) is 5.40. The summed E-state index contributed by atoms with van der Waals surface area (Å²) in [6.45, 7) is 0. The zero-order valence-electron chi connectivity index (χ0n) is 10.4. The molecule has 0 aromatic heterocycles. The Morgan fingerprint density at radius 1 is 1.00 bits per heavy atom. The van der Waals surface area contributed by atoms with Crippen molar-refractivity contribution in [3.05, 3.63) is 60.2 Å². The van der Waals surface area contributed by atoms with Gasteiger partial charge in [0.15, 0.2) is 0 Å². The van der Waals surface area contributed by atoms with Crippen LogP contribution in [-0.4, -0.2) is 21.7 Å². The Kier molecular flexibility index (Phi) is 3.97. The Hall–Kier alpha value is -2.14. The summed E-state index contributed by atoms with van der Waals surface area (Å²) < 4.78 is 32.7. The van der Waals surface area contributed by atoms with E-state index in [1.54, 1.807) is 36.4 Å². The SMILES string of the molecule is COc1ccccc1/C=N/S(=O)(=O)c1ccccc1. The van der Waals surface area contributed by atoms with Crippen LogP contribution < -0.4 is 4.74 Å². The molecule has 5 heteroatoms. The molecule has 0 bridgehead atoms. The molecule has 0 fully saturated rings. The number of ether oxygens (including phenoxy) is 1. The summed E-state index contributed by atoms with van der Waals surface area (Å²) >= 11 is 0. The van der Waals surface area contributed by atoms with Crippen molar-refractivity contribution in [2.24, 2.45) is 4.40 Å². The van der Waals surface area contributed by atoms with Crippen molar-refractivity contribution in [3.63, 3.8) is 0 Å². The van der Waals surface area contributed by atoms with Gasteiger partial charge in [-0.1, -0.05) is 30.3 Å². The van der Waals surface area contributed by atoms with Gasteiger partial charge in [-0.05, 0) is 24.3 Å². The Labute approximate surface area is 112 Å². The highest BCUT2D eigenvalue weighted by atomic mass is 32.2. The predicted octanol–water partition coefficient (Wildman–Crippen LogP) is 2.50. The number of sulfonamides is 1. The minimum Gasteiger partial charge on any atom is -0.496 e. The zero-order chi connectivity index (χ0) is 13.7. The van der Waals surface area contributed by atoms with Crippen LogP contribution in [0.4, 0.5) is 0 Å². The summed E-state index contributed by atoms with van der Waals surface area (Å²) in [4.78, 5) is 0.168. The Morgan fingerprint density at radius 3 is 2.32 bits per heavy atom. The van der Waals surface area contributed by atoms with Crippen molar-refractivity contribution in [3.8, 4) is 5.75 Å². The van der Waals surface area contributed by atoms with Gasteiger partial charge in [0.1, 0.15) is 5.75 Å². The third-order valence-electron chi connectivity index (χ3n) is 2.51. The number of hydrogen-bond donors (Lipinski definition) is 0. The number of methoxy groups -OCH3 is 1. The van der Waals surface area contributed by atoms with E-state index in [1.165, 1.54) is 25.5 Å². The topological polar surface area (TPSA) is 55.7 Å². The van der Waals surface area contributed by atoms with Crippen LogP contribution in [-0.2, 0) is 10.0 Å². The van der Waals surface area contributed by atoms with Crippen LogP contribution in [0, 0.1) is 0 Å². The van der Waals surface area contributed by atoms with Gasteiger partial charge >= 0.3 is 0 Å². The minimum absolute atomic E-state index is 0.168. The zero-order valence-corrected chi connectivity index (χ0v) is 11.2. The largest absolute Gasteiger partial charge is 0.496 e. The molecule has 0 N–H and O–H groups in total. The van der Waals surface area contributed by atoms with Crippen LogP contribution in [0.25, 0.3) is 0 Å². The first-order valence-electron chi connectivity index (χ1n) is 5.62. The maximum atomic E-state index is 12.0. The van der Waals surface area contributed by atoms with E-state index in [0.717, 1.165) is 0 Å². The summed E-state index contributed by atoms with van der Waals surface area (Å²) in [5.41, 5.74) is 0.615. The van der Waals surface area contributed by atoms with E-state index in [-0.39, 0.29) is 4.90 Å². The fourth-order valence-corrected chi connectivity index (χ4v) is 2.43. The Morgan fingerprint density at radius 2 is 1.63 bits per heavy atom. The minimum atomic E-state index is -3.67. The highest BCUT2D eigenvalue weighted by Gasteiger charge is 2.10. The summed E-state index contributed by atoms with van der Waals surface area (Å²) in [6, 6.07) is 15.2. The van der Waals surface area contributed by atoms with Gasteiger partial charge in [-0.15, -0.1) is 0 Å². The number of para-hydroxylation sites is 1. The van der Waals surface area contributed by atoms with E-state index in [1.807, 2.05) is 6.07 Å². The lowest BCUT2D eigenvalue weighted by Crippen LogP contribution is -1.98. The lowest BCUT2D eigenvalue weighted by atomic mass is 10.2. The second kappa shape index (κ2) is 5.67. The molecule has 0 spiro atoms. The molecular weight excluding hydrogens is 262 g/mol. The van der Waals surface area contributed by atoms with Crippen molar-refractivity contribution in [2.45, 2.75) is 4.90 Å². The predicted molar refractivity (Wildman–Crippen MR) is 74.2 cm³/mol. The van der Waals surface area contributed by atoms with E-state index >= 15 is 0 Å². The quantitative estimate of drug-likeness (QED) is 0.806. The third-order valence-corrected chi connectivity index (χ3v) is 3.76. The van der Waals surface area contributed by atoms with Crippen LogP contribution in [0.2, 0.25) is 0 Å². The molecule has 0 radical (unpaired) electrons. The van der Waals surface area contributed by atoms with Gasteiger partial charge in [0, 0.05) is 5.56 Å². The van der Waals surface area contributed by atoms with Crippen molar-refractivity contribution in [2.75, 3.05) is 7.11 Å². The monoisotopic (exact) mass is 275 g/mol. The normalized spacial score (nSPS) is 11.6. The van der Waals surface area contributed by atoms with E-state index in [2.05, 4.69) is 4.40 Å². The first-order valence-corrected chi connectivity index (χ1v) is 7.06. The van der Waals surface area contributed by atoms with E-state index in [4.69, 9.17) is 4.74 Å². The summed E-state index contributed by atoms with van der Waals surface area (Å²) in [5, 5.41) is 0. The highest BCUT2D eigenvalue weighted by Crippen LogP contribution is 2.16. The third kappa shape index (κ3) is 3.20.